The van der Waals surface area contributed by atoms with Crippen LogP contribution in [-0.4, -0.2) is 0 Å². The Hall–Kier alpha value is -0.340. The molecule has 0 fully saturated rings. The van der Waals surface area contributed by atoms with Crippen LogP contribution in [0.4, 0.5) is 0 Å². The van der Waals surface area contributed by atoms with Crippen molar-refractivity contribution in [1.29, 1.82) is 0 Å². The Balaban J connectivity index is 2.20. The van der Waals surface area contributed by atoms with Gasteiger partial charge in [-0.05, 0) is 30.5 Å². The summed E-state index contributed by atoms with van der Waals surface area (Å²) >= 11 is 3.53. The van der Waals surface area contributed by atoms with Crippen molar-refractivity contribution < 1.29 is 0 Å². The molecule has 0 saturated heterocycles. The zero-order valence-corrected chi connectivity index (χ0v) is 14.0. The molecule has 0 radical (unpaired) electrons. The molecule has 2 N–H and O–H groups in total. The van der Waals surface area contributed by atoms with Crippen LogP contribution in [0, 0.1) is 6.92 Å². The van der Waals surface area contributed by atoms with Crippen molar-refractivity contribution >= 4 is 15.9 Å². The number of hydrogen-bond acceptors (Lipinski definition) is 1. The summed E-state index contributed by atoms with van der Waals surface area (Å²) in [6.07, 6.45) is 10.6. The minimum absolute atomic E-state index is 0.197. The molecule has 1 rings (SSSR count). The molecule has 1 atom stereocenters. The first-order valence-corrected chi connectivity index (χ1v) is 8.46. The molecule has 0 spiro atoms. The predicted octanol–water partition coefficient (Wildman–Crippen LogP) is 5.90. The van der Waals surface area contributed by atoms with Crippen LogP contribution in [0.15, 0.2) is 22.7 Å². The topological polar surface area (TPSA) is 26.0 Å². The van der Waals surface area contributed by atoms with E-state index < -0.39 is 0 Å². The molecule has 19 heavy (non-hydrogen) atoms. The van der Waals surface area contributed by atoms with E-state index in [1.807, 2.05) is 0 Å². The van der Waals surface area contributed by atoms with E-state index in [0.29, 0.717) is 0 Å². The van der Waals surface area contributed by atoms with Crippen molar-refractivity contribution in [3.63, 3.8) is 0 Å². The molecular formula is C17H28BrN. The van der Waals surface area contributed by atoms with Gasteiger partial charge >= 0.3 is 0 Å². The molecule has 1 unspecified atom stereocenters. The van der Waals surface area contributed by atoms with Gasteiger partial charge in [0.15, 0.2) is 0 Å². The molecule has 0 aliphatic heterocycles. The lowest BCUT2D eigenvalue weighted by molar-refractivity contribution is 0.541. The fourth-order valence-corrected chi connectivity index (χ4v) is 2.63. The highest BCUT2D eigenvalue weighted by Crippen LogP contribution is 2.23. The lowest BCUT2D eigenvalue weighted by atomic mass is 9.99. The van der Waals surface area contributed by atoms with Gasteiger partial charge in [-0.2, -0.15) is 0 Å². The molecule has 0 bridgehead atoms. The molecule has 2 heteroatoms. The Morgan fingerprint density at radius 3 is 2.32 bits per heavy atom. The zero-order valence-electron chi connectivity index (χ0n) is 12.4. The fourth-order valence-electron chi connectivity index (χ4n) is 2.39. The molecular weight excluding hydrogens is 298 g/mol. The highest BCUT2D eigenvalue weighted by molar-refractivity contribution is 9.10. The van der Waals surface area contributed by atoms with Crippen LogP contribution in [-0.2, 0) is 0 Å². The van der Waals surface area contributed by atoms with Gasteiger partial charge in [0.2, 0.25) is 0 Å². The minimum Gasteiger partial charge on any atom is -0.324 e. The van der Waals surface area contributed by atoms with E-state index in [9.17, 15) is 0 Å². The van der Waals surface area contributed by atoms with Crippen molar-refractivity contribution in [2.45, 2.75) is 71.3 Å². The van der Waals surface area contributed by atoms with Gasteiger partial charge in [-0.1, -0.05) is 79.9 Å². The maximum Gasteiger partial charge on any atom is 0.0294 e. The van der Waals surface area contributed by atoms with Gasteiger partial charge in [0.05, 0.1) is 0 Å². The molecule has 0 amide bonds. The first-order valence-electron chi connectivity index (χ1n) is 7.66. The van der Waals surface area contributed by atoms with Crippen LogP contribution in [0.1, 0.15) is 75.5 Å². The number of nitrogens with two attached hydrogens (primary N) is 1. The quantitative estimate of drug-likeness (QED) is 0.562. The van der Waals surface area contributed by atoms with Gasteiger partial charge in [-0.15, -0.1) is 0 Å². The van der Waals surface area contributed by atoms with E-state index in [-0.39, 0.29) is 6.04 Å². The Bertz CT molecular complexity index is 362. The number of rotatable bonds is 9. The Kier molecular flexibility index (Phi) is 8.40. The molecule has 0 aromatic heterocycles. The summed E-state index contributed by atoms with van der Waals surface area (Å²) in [4.78, 5) is 0. The van der Waals surface area contributed by atoms with E-state index in [4.69, 9.17) is 5.73 Å². The number of halogens is 1. The lowest BCUT2D eigenvalue weighted by Crippen LogP contribution is -2.10. The normalized spacial score (nSPS) is 12.6. The second kappa shape index (κ2) is 9.55. The molecule has 0 aliphatic carbocycles. The summed E-state index contributed by atoms with van der Waals surface area (Å²) in [5.74, 6) is 0. The zero-order chi connectivity index (χ0) is 14.1. The van der Waals surface area contributed by atoms with E-state index in [0.717, 1.165) is 6.42 Å². The summed E-state index contributed by atoms with van der Waals surface area (Å²) in [6, 6.07) is 6.65. The third-order valence-corrected chi connectivity index (χ3v) is 4.62. The third kappa shape index (κ3) is 6.58. The molecule has 108 valence electrons. The molecule has 1 aromatic rings. The average molecular weight is 326 g/mol. The molecule has 0 saturated carbocycles. The molecule has 1 aromatic carbocycles. The predicted molar refractivity (Wildman–Crippen MR) is 88.4 cm³/mol. The number of hydrogen-bond donors (Lipinski definition) is 1. The monoisotopic (exact) mass is 325 g/mol. The molecule has 0 heterocycles. The van der Waals surface area contributed by atoms with Crippen LogP contribution >= 0.6 is 15.9 Å². The van der Waals surface area contributed by atoms with Gasteiger partial charge in [-0.25, -0.2) is 0 Å². The van der Waals surface area contributed by atoms with Gasteiger partial charge in [-0.3, -0.25) is 0 Å². The number of aryl methyl sites for hydroxylation is 1. The maximum absolute atomic E-state index is 6.26. The second-order valence-corrected chi connectivity index (χ2v) is 6.38. The van der Waals surface area contributed by atoms with Crippen molar-refractivity contribution in [3.05, 3.63) is 33.8 Å². The average Bonchev–Trinajstić information content (AvgIpc) is 2.40. The van der Waals surface area contributed by atoms with Crippen LogP contribution in [0.25, 0.3) is 0 Å². The van der Waals surface area contributed by atoms with Crippen LogP contribution in [0.2, 0.25) is 0 Å². The Morgan fingerprint density at radius 1 is 1.05 bits per heavy atom. The standard InChI is InChI=1S/C17H28BrN/c1-3-4-5-6-7-8-9-10-17(19)15-11-12-16(18)14(2)13-15/h11-13,17H,3-10,19H2,1-2H3. The summed E-state index contributed by atoms with van der Waals surface area (Å²) < 4.78 is 1.17. The van der Waals surface area contributed by atoms with E-state index >= 15 is 0 Å². The first-order chi connectivity index (χ1) is 9.15. The molecule has 0 aliphatic rings. The van der Waals surface area contributed by atoms with Gasteiger partial charge < -0.3 is 5.73 Å². The smallest absolute Gasteiger partial charge is 0.0294 e. The van der Waals surface area contributed by atoms with Gasteiger partial charge in [0.1, 0.15) is 0 Å². The van der Waals surface area contributed by atoms with E-state index in [2.05, 4.69) is 48.0 Å². The number of unbranched alkanes of at least 4 members (excludes halogenated alkanes) is 6. The van der Waals surface area contributed by atoms with E-state index in [1.54, 1.807) is 0 Å². The van der Waals surface area contributed by atoms with Gasteiger partial charge in [0.25, 0.3) is 0 Å². The highest BCUT2D eigenvalue weighted by Gasteiger charge is 2.06. The highest BCUT2D eigenvalue weighted by atomic mass is 79.9. The first kappa shape index (κ1) is 16.7. The Labute approximate surface area is 127 Å². The van der Waals surface area contributed by atoms with Crippen molar-refractivity contribution in [1.82, 2.24) is 0 Å². The Morgan fingerprint density at radius 2 is 1.68 bits per heavy atom. The van der Waals surface area contributed by atoms with Crippen molar-refractivity contribution in [2.24, 2.45) is 5.73 Å². The van der Waals surface area contributed by atoms with E-state index in [1.165, 1.54) is 60.5 Å². The lowest BCUT2D eigenvalue weighted by Gasteiger charge is -2.13. The van der Waals surface area contributed by atoms with Crippen molar-refractivity contribution in [3.8, 4) is 0 Å². The maximum atomic E-state index is 6.26. The fraction of sp³-hybridized carbons (Fsp3) is 0.647. The van der Waals surface area contributed by atoms with Crippen molar-refractivity contribution in [2.75, 3.05) is 0 Å². The largest absolute Gasteiger partial charge is 0.324 e. The summed E-state index contributed by atoms with van der Waals surface area (Å²) in [5.41, 5.74) is 8.80. The van der Waals surface area contributed by atoms with Crippen LogP contribution in [0.3, 0.4) is 0 Å². The number of benzene rings is 1. The third-order valence-electron chi connectivity index (χ3n) is 3.73. The second-order valence-electron chi connectivity index (χ2n) is 5.53. The van der Waals surface area contributed by atoms with Crippen LogP contribution in [0.5, 0.6) is 0 Å². The summed E-state index contributed by atoms with van der Waals surface area (Å²) in [7, 11) is 0. The summed E-state index contributed by atoms with van der Waals surface area (Å²) in [5, 5.41) is 0. The SMILES string of the molecule is CCCCCCCCCC(N)c1ccc(Br)c(C)c1. The van der Waals surface area contributed by atoms with Gasteiger partial charge in [0, 0.05) is 10.5 Å². The molecule has 1 nitrogen and oxygen atoms in total. The van der Waals surface area contributed by atoms with Crippen LogP contribution < -0.4 is 5.73 Å². The summed E-state index contributed by atoms with van der Waals surface area (Å²) in [6.45, 7) is 4.38. The minimum atomic E-state index is 0.197.